The van der Waals surface area contributed by atoms with E-state index in [1.54, 1.807) is 6.07 Å². The van der Waals surface area contributed by atoms with Gasteiger partial charge in [-0.25, -0.2) is 15.0 Å². The number of nitrogens with zero attached hydrogens (tertiary/aromatic N) is 3. The minimum Gasteiger partial charge on any atom is -0.436 e. The molecule has 2 heterocycles. The Morgan fingerprint density at radius 3 is 2.67 bits per heavy atom. The second-order valence-corrected chi connectivity index (χ2v) is 4.99. The summed E-state index contributed by atoms with van der Waals surface area (Å²) in [6.45, 7) is 5.89. The van der Waals surface area contributed by atoms with Gasteiger partial charge in [0.25, 0.3) is 5.22 Å². The molecule has 2 aromatic heterocycles. The number of hydrogen-bond donors (Lipinski definition) is 1. The third-order valence-electron chi connectivity index (χ3n) is 2.44. The summed E-state index contributed by atoms with van der Waals surface area (Å²) in [7, 11) is 0. The molecule has 2 N–H and O–H groups in total. The summed E-state index contributed by atoms with van der Waals surface area (Å²) >= 11 is 1.37. The van der Waals surface area contributed by atoms with Crippen LogP contribution in [-0.4, -0.2) is 15.0 Å². The zero-order chi connectivity index (χ0) is 13.1. The van der Waals surface area contributed by atoms with E-state index in [1.165, 1.54) is 11.8 Å². The zero-order valence-corrected chi connectivity index (χ0v) is 11.5. The van der Waals surface area contributed by atoms with E-state index in [1.807, 2.05) is 13.8 Å². The van der Waals surface area contributed by atoms with Gasteiger partial charge in [0.2, 0.25) is 0 Å². The lowest BCUT2D eigenvalue weighted by Crippen LogP contribution is -2.00. The molecule has 0 fully saturated rings. The lowest BCUT2D eigenvalue weighted by Gasteiger charge is -2.02. The molecule has 18 heavy (non-hydrogen) atoms. The Kier molecular flexibility index (Phi) is 3.86. The first kappa shape index (κ1) is 12.9. The highest BCUT2D eigenvalue weighted by molar-refractivity contribution is 7.99. The summed E-state index contributed by atoms with van der Waals surface area (Å²) in [4.78, 5) is 12.9. The van der Waals surface area contributed by atoms with Gasteiger partial charge < -0.3 is 10.2 Å². The molecule has 0 aliphatic carbocycles. The van der Waals surface area contributed by atoms with Gasteiger partial charge in [0.1, 0.15) is 22.4 Å². The van der Waals surface area contributed by atoms with Crippen LogP contribution in [0.1, 0.15) is 30.6 Å². The van der Waals surface area contributed by atoms with Crippen LogP contribution in [0.5, 0.6) is 0 Å². The molecule has 6 heteroatoms. The topological polar surface area (TPSA) is 77.8 Å². The number of anilines is 1. The van der Waals surface area contributed by atoms with Crippen LogP contribution >= 0.6 is 11.8 Å². The van der Waals surface area contributed by atoms with E-state index < -0.39 is 0 Å². The predicted octanol–water partition coefficient (Wildman–Crippen LogP) is 2.77. The van der Waals surface area contributed by atoms with Crippen molar-refractivity contribution in [3.05, 3.63) is 23.3 Å². The van der Waals surface area contributed by atoms with E-state index in [9.17, 15) is 0 Å². The second-order valence-electron chi connectivity index (χ2n) is 4.02. The monoisotopic (exact) mass is 264 g/mol. The Hall–Kier alpha value is -1.56. The van der Waals surface area contributed by atoms with E-state index in [0.717, 1.165) is 35.1 Å². The van der Waals surface area contributed by atoms with Crippen LogP contribution in [0.3, 0.4) is 0 Å². The normalized spacial score (nSPS) is 10.8. The summed E-state index contributed by atoms with van der Waals surface area (Å²) < 4.78 is 5.51. The molecule has 2 rings (SSSR count). The van der Waals surface area contributed by atoms with Gasteiger partial charge in [-0.05, 0) is 32.0 Å². The maximum absolute atomic E-state index is 5.76. The zero-order valence-electron chi connectivity index (χ0n) is 10.7. The summed E-state index contributed by atoms with van der Waals surface area (Å²) in [5.41, 5.74) is 6.66. The fourth-order valence-corrected chi connectivity index (χ4v) is 2.32. The lowest BCUT2D eigenvalue weighted by molar-refractivity contribution is 0.431. The Labute approximate surface area is 110 Å². The molecule has 96 valence electrons. The number of nitrogen functional groups attached to an aromatic ring is 1. The van der Waals surface area contributed by atoms with Crippen LogP contribution in [0.2, 0.25) is 0 Å². The van der Waals surface area contributed by atoms with Crippen molar-refractivity contribution in [2.45, 2.75) is 43.9 Å². The molecule has 0 unspecified atom stereocenters. The Morgan fingerprint density at radius 1 is 1.28 bits per heavy atom. The lowest BCUT2D eigenvalue weighted by atomic mass is 10.3. The van der Waals surface area contributed by atoms with Crippen molar-refractivity contribution in [3.8, 4) is 0 Å². The minimum absolute atomic E-state index is 0.482. The van der Waals surface area contributed by atoms with Crippen LogP contribution in [0.15, 0.2) is 20.7 Å². The quantitative estimate of drug-likeness (QED) is 0.855. The number of nitrogens with two attached hydrogens (primary N) is 1. The van der Waals surface area contributed by atoms with Gasteiger partial charge in [0.15, 0.2) is 0 Å². The van der Waals surface area contributed by atoms with Gasteiger partial charge in [-0.15, -0.1) is 0 Å². The average molecular weight is 264 g/mol. The Morgan fingerprint density at radius 2 is 2.06 bits per heavy atom. The molecule has 0 bridgehead atoms. The van der Waals surface area contributed by atoms with Gasteiger partial charge in [0.05, 0.1) is 5.69 Å². The first-order valence-electron chi connectivity index (χ1n) is 5.83. The van der Waals surface area contributed by atoms with E-state index in [0.29, 0.717) is 11.0 Å². The molecule has 2 aromatic rings. The summed E-state index contributed by atoms with van der Waals surface area (Å²) in [6, 6.07) is 1.73. The van der Waals surface area contributed by atoms with Gasteiger partial charge >= 0.3 is 0 Å². The number of hydrogen-bond acceptors (Lipinski definition) is 6. The van der Waals surface area contributed by atoms with Crippen molar-refractivity contribution in [1.29, 1.82) is 0 Å². The summed E-state index contributed by atoms with van der Waals surface area (Å²) in [5, 5.41) is 1.36. The molecule has 0 aromatic carbocycles. The van der Waals surface area contributed by atoms with Crippen molar-refractivity contribution in [1.82, 2.24) is 15.0 Å². The maximum atomic E-state index is 5.76. The molecular formula is C12H16N4OS. The standard InChI is InChI=1S/C12H16N4OS/c1-4-5-10-15-9(13)6-11(16-10)18-12-14-7(2)8(3)17-12/h6H,4-5H2,1-3H3,(H2,13,15,16). The number of rotatable bonds is 4. The first-order chi connectivity index (χ1) is 8.58. The number of aromatic nitrogens is 3. The van der Waals surface area contributed by atoms with Crippen LogP contribution in [0.4, 0.5) is 5.82 Å². The molecule has 0 amide bonds. The van der Waals surface area contributed by atoms with Crippen molar-refractivity contribution in [3.63, 3.8) is 0 Å². The van der Waals surface area contributed by atoms with Gasteiger partial charge in [0, 0.05) is 12.5 Å². The number of aryl methyl sites for hydroxylation is 3. The SMILES string of the molecule is CCCc1nc(N)cc(Sc2nc(C)c(C)o2)n1. The highest BCUT2D eigenvalue weighted by Gasteiger charge is 2.10. The van der Waals surface area contributed by atoms with E-state index >= 15 is 0 Å². The minimum atomic E-state index is 0.482. The fourth-order valence-electron chi connectivity index (χ4n) is 1.46. The molecule has 5 nitrogen and oxygen atoms in total. The molecule has 0 spiro atoms. The third kappa shape index (κ3) is 3.01. The molecular weight excluding hydrogens is 248 g/mol. The molecule has 0 radical (unpaired) electrons. The van der Waals surface area contributed by atoms with E-state index in [2.05, 4.69) is 21.9 Å². The van der Waals surface area contributed by atoms with E-state index in [4.69, 9.17) is 10.2 Å². The van der Waals surface area contributed by atoms with Crippen molar-refractivity contribution < 1.29 is 4.42 Å². The molecule has 0 saturated carbocycles. The van der Waals surface area contributed by atoms with Crippen molar-refractivity contribution >= 4 is 17.6 Å². The maximum Gasteiger partial charge on any atom is 0.262 e. The molecule has 0 saturated heterocycles. The smallest absolute Gasteiger partial charge is 0.262 e. The molecule has 0 atom stereocenters. The first-order valence-corrected chi connectivity index (χ1v) is 6.65. The van der Waals surface area contributed by atoms with Crippen molar-refractivity contribution in [2.75, 3.05) is 5.73 Å². The fraction of sp³-hybridized carbons (Fsp3) is 0.417. The van der Waals surface area contributed by atoms with E-state index in [-0.39, 0.29) is 0 Å². The van der Waals surface area contributed by atoms with Crippen LogP contribution in [0.25, 0.3) is 0 Å². The third-order valence-corrected chi connectivity index (χ3v) is 3.21. The van der Waals surface area contributed by atoms with Crippen LogP contribution in [0, 0.1) is 13.8 Å². The van der Waals surface area contributed by atoms with Crippen LogP contribution < -0.4 is 5.73 Å². The van der Waals surface area contributed by atoms with Crippen molar-refractivity contribution in [2.24, 2.45) is 0 Å². The Balaban J connectivity index is 2.22. The molecule has 0 aliphatic rings. The summed E-state index contributed by atoms with van der Waals surface area (Å²) in [5.74, 6) is 2.07. The van der Waals surface area contributed by atoms with Gasteiger partial charge in [-0.3, -0.25) is 0 Å². The average Bonchev–Trinajstić information content (AvgIpc) is 2.57. The second kappa shape index (κ2) is 5.39. The molecule has 0 aliphatic heterocycles. The summed E-state index contributed by atoms with van der Waals surface area (Å²) in [6.07, 6.45) is 1.81. The van der Waals surface area contributed by atoms with Crippen LogP contribution in [-0.2, 0) is 6.42 Å². The largest absolute Gasteiger partial charge is 0.436 e. The predicted molar refractivity (Wildman–Crippen MR) is 70.5 cm³/mol. The highest BCUT2D eigenvalue weighted by atomic mass is 32.2. The number of oxazole rings is 1. The van der Waals surface area contributed by atoms with Gasteiger partial charge in [-0.1, -0.05) is 6.92 Å². The highest BCUT2D eigenvalue weighted by Crippen LogP contribution is 2.27. The Bertz CT molecular complexity index is 534. The van der Waals surface area contributed by atoms with Gasteiger partial charge in [-0.2, -0.15) is 0 Å².